The van der Waals surface area contributed by atoms with Crippen molar-refractivity contribution in [1.82, 2.24) is 25.2 Å². The number of amides is 3. The van der Waals surface area contributed by atoms with Crippen LogP contribution in [0.25, 0.3) is 5.52 Å². The molecule has 2 heterocycles. The van der Waals surface area contributed by atoms with Gasteiger partial charge in [0.2, 0.25) is 6.79 Å². The smallest absolute Gasteiger partial charge is 0.423 e. The number of carbonyl (C=O) groups excluding carboxylic acids is 4. The number of esters is 1. The topological polar surface area (TPSA) is 174 Å². The zero-order chi connectivity index (χ0) is 32.5. The Balaban J connectivity index is 1.68. The van der Waals surface area contributed by atoms with E-state index < -0.39 is 18.9 Å². The average Bonchev–Trinajstić information content (AvgIpc) is 3.38. The molecule has 14 heteroatoms. The van der Waals surface area contributed by atoms with Gasteiger partial charge >= 0.3 is 12.1 Å². The summed E-state index contributed by atoms with van der Waals surface area (Å²) in [6.45, 7) is 7.36. The molecule has 3 N–H and O–H groups in total. The van der Waals surface area contributed by atoms with Gasteiger partial charge in [0.15, 0.2) is 11.6 Å². The number of rotatable bonds is 12. The van der Waals surface area contributed by atoms with Crippen LogP contribution in [0, 0.1) is 13.8 Å². The molecule has 0 aliphatic carbocycles. The summed E-state index contributed by atoms with van der Waals surface area (Å²) in [4.78, 5) is 61.5. The van der Waals surface area contributed by atoms with E-state index in [0.717, 1.165) is 11.3 Å². The lowest BCUT2D eigenvalue weighted by Crippen LogP contribution is -2.31. The van der Waals surface area contributed by atoms with Crippen LogP contribution in [0.2, 0.25) is 0 Å². The van der Waals surface area contributed by atoms with E-state index in [1.807, 2.05) is 6.92 Å². The summed E-state index contributed by atoms with van der Waals surface area (Å²) in [5.41, 5.74) is 2.96. The van der Waals surface area contributed by atoms with E-state index in [1.165, 1.54) is 29.0 Å². The Morgan fingerprint density at radius 1 is 0.978 bits per heavy atom. The van der Waals surface area contributed by atoms with Gasteiger partial charge in [-0.3, -0.25) is 14.4 Å². The first-order valence-corrected chi connectivity index (χ1v) is 14.2. The van der Waals surface area contributed by atoms with Crippen LogP contribution in [-0.4, -0.2) is 63.6 Å². The van der Waals surface area contributed by atoms with Gasteiger partial charge in [0, 0.05) is 24.8 Å². The van der Waals surface area contributed by atoms with Crippen LogP contribution in [0.1, 0.15) is 57.7 Å². The zero-order valence-electron chi connectivity index (χ0n) is 25.3. The molecule has 3 amide bonds. The van der Waals surface area contributed by atoms with Crippen molar-refractivity contribution >= 4 is 40.9 Å². The Labute approximate surface area is 258 Å². The molecule has 0 atom stereocenters. The minimum atomic E-state index is -0.957. The van der Waals surface area contributed by atoms with Crippen LogP contribution in [0.15, 0.2) is 55.0 Å². The van der Waals surface area contributed by atoms with Crippen molar-refractivity contribution in [3.8, 4) is 5.75 Å². The van der Waals surface area contributed by atoms with Gasteiger partial charge < -0.3 is 25.0 Å². The summed E-state index contributed by atoms with van der Waals surface area (Å²) in [6, 6.07) is 10.9. The summed E-state index contributed by atoms with van der Waals surface area (Å²) in [7, 11) is 0. The van der Waals surface area contributed by atoms with Crippen molar-refractivity contribution in [2.75, 3.05) is 24.8 Å². The third-order valence-electron chi connectivity index (χ3n) is 6.81. The van der Waals surface area contributed by atoms with Crippen molar-refractivity contribution < 1.29 is 38.8 Å². The highest BCUT2D eigenvalue weighted by Gasteiger charge is 2.29. The number of anilines is 2. The van der Waals surface area contributed by atoms with E-state index in [1.54, 1.807) is 51.2 Å². The third kappa shape index (κ3) is 7.54. The molecule has 0 bridgehead atoms. The number of nitrogens with one attached hydrogen (secondary N) is 2. The van der Waals surface area contributed by atoms with Crippen molar-refractivity contribution in [2.24, 2.45) is 0 Å². The molecule has 2 aromatic carbocycles. The van der Waals surface area contributed by atoms with E-state index >= 15 is 0 Å². The molecule has 236 valence electrons. The van der Waals surface area contributed by atoms with Gasteiger partial charge in [0.1, 0.15) is 11.8 Å². The van der Waals surface area contributed by atoms with Gasteiger partial charge in [0.05, 0.1) is 17.7 Å². The Morgan fingerprint density at radius 2 is 1.73 bits per heavy atom. The Hall–Kier alpha value is -5.50. The maximum Gasteiger partial charge on any atom is 0.423 e. The molecule has 0 spiro atoms. The lowest BCUT2D eigenvalue weighted by molar-refractivity contribution is -0.150. The van der Waals surface area contributed by atoms with Gasteiger partial charge in [-0.1, -0.05) is 25.1 Å². The first-order valence-electron chi connectivity index (χ1n) is 14.2. The number of carbonyl (C=O) groups is 4. The average molecular weight is 619 g/mol. The molecule has 0 radical (unpaired) electrons. The van der Waals surface area contributed by atoms with E-state index in [9.17, 15) is 19.2 Å². The van der Waals surface area contributed by atoms with Crippen LogP contribution in [0.5, 0.6) is 5.75 Å². The number of ether oxygens (including phenoxy) is 2. The van der Waals surface area contributed by atoms with Crippen LogP contribution in [-0.2, 0) is 20.7 Å². The molecule has 14 nitrogen and oxygen atoms in total. The summed E-state index contributed by atoms with van der Waals surface area (Å²) >= 11 is 0. The Bertz CT molecular complexity index is 1700. The first-order chi connectivity index (χ1) is 21.7. The summed E-state index contributed by atoms with van der Waals surface area (Å²) in [5.74, 6) is -1.04. The fraction of sp³-hybridized carbons (Fsp3) is 0.290. The van der Waals surface area contributed by atoms with Gasteiger partial charge in [-0.2, -0.15) is 5.10 Å². The summed E-state index contributed by atoms with van der Waals surface area (Å²) < 4.78 is 12.0. The van der Waals surface area contributed by atoms with Crippen molar-refractivity contribution in [1.29, 1.82) is 0 Å². The van der Waals surface area contributed by atoms with Crippen molar-refractivity contribution in [3.05, 3.63) is 82.8 Å². The van der Waals surface area contributed by atoms with Gasteiger partial charge in [-0.15, -0.1) is 0 Å². The minimum Gasteiger partial charge on any atom is -0.428 e. The Kier molecular flexibility index (Phi) is 10.7. The van der Waals surface area contributed by atoms with Crippen LogP contribution < -0.4 is 20.4 Å². The van der Waals surface area contributed by atoms with E-state index in [4.69, 9.17) is 14.7 Å². The number of aryl methyl sites for hydroxylation is 2. The fourth-order valence-electron chi connectivity index (χ4n) is 4.52. The molecular formula is C31H34N6O8. The second kappa shape index (κ2) is 14.8. The molecule has 45 heavy (non-hydrogen) atoms. The number of hydrogen-bond acceptors (Lipinski definition) is 10. The van der Waals surface area contributed by atoms with Gasteiger partial charge in [0.25, 0.3) is 11.8 Å². The molecular weight excluding hydrogens is 584 g/mol. The quantitative estimate of drug-likeness (QED) is 0.0908. The van der Waals surface area contributed by atoms with Crippen LogP contribution >= 0.6 is 0 Å². The maximum atomic E-state index is 13.8. The normalized spacial score (nSPS) is 10.7. The highest BCUT2D eigenvalue weighted by atomic mass is 17.1. The SMILES string of the molecule is CCCNC(=O)c1cn2ncnc(N(C(=O)OCOC(=O)Cc3ccc(OO)cc3)c3cc(C(=O)NCC)ccc3C)c2c1C. The lowest BCUT2D eigenvalue weighted by Gasteiger charge is -2.24. The third-order valence-corrected chi connectivity index (χ3v) is 6.81. The molecule has 2 aromatic heterocycles. The highest BCUT2D eigenvalue weighted by Crippen LogP contribution is 2.34. The number of nitrogens with zero attached hydrogens (tertiary/aromatic N) is 4. The maximum absolute atomic E-state index is 13.8. The number of fused-ring (bicyclic) bond motifs is 1. The number of aromatic nitrogens is 3. The van der Waals surface area contributed by atoms with E-state index in [2.05, 4.69) is 25.6 Å². The van der Waals surface area contributed by atoms with Crippen LogP contribution in [0.4, 0.5) is 16.3 Å². The van der Waals surface area contributed by atoms with E-state index in [-0.39, 0.29) is 41.1 Å². The second-order valence-corrected chi connectivity index (χ2v) is 9.95. The second-order valence-electron chi connectivity index (χ2n) is 9.95. The fourth-order valence-corrected chi connectivity index (χ4v) is 4.52. The monoisotopic (exact) mass is 618 g/mol. The zero-order valence-corrected chi connectivity index (χ0v) is 25.3. The molecule has 0 aliphatic heterocycles. The molecule has 0 fully saturated rings. The summed E-state index contributed by atoms with van der Waals surface area (Å²) in [6.07, 6.45) is 2.44. The van der Waals surface area contributed by atoms with Crippen LogP contribution in [0.3, 0.4) is 0 Å². The minimum absolute atomic E-state index is 0.0794. The largest absolute Gasteiger partial charge is 0.428 e. The van der Waals surface area contributed by atoms with Gasteiger partial charge in [-0.25, -0.2) is 24.5 Å². The Morgan fingerprint density at radius 3 is 2.42 bits per heavy atom. The van der Waals surface area contributed by atoms with Gasteiger partial charge in [-0.05, 0) is 68.1 Å². The molecule has 0 aliphatic rings. The molecule has 0 unspecified atom stereocenters. The number of benzene rings is 2. The predicted molar refractivity (Wildman–Crippen MR) is 163 cm³/mol. The van der Waals surface area contributed by atoms with Crippen molar-refractivity contribution in [2.45, 2.75) is 40.5 Å². The first kappa shape index (κ1) is 32.4. The highest BCUT2D eigenvalue weighted by molar-refractivity contribution is 6.05. The lowest BCUT2D eigenvalue weighted by atomic mass is 10.1. The standard InChI is InChI=1S/C31H34N6O8/c1-5-13-33-30(40)24-16-36-27(20(24)4)28(34-17-35-36)37(25-15-22(10-7-19(25)3)29(39)32-6-2)31(41)44-18-43-26(38)14-21-8-11-23(45-42)12-9-21/h7-12,15-17,42H,5-6,13-14,18H2,1-4H3,(H,32,39)(H,33,40). The molecule has 0 saturated carbocycles. The molecule has 4 rings (SSSR count). The molecule has 4 aromatic rings. The summed E-state index contributed by atoms with van der Waals surface area (Å²) in [5, 5.41) is 18.5. The predicted octanol–water partition coefficient (Wildman–Crippen LogP) is 4.11. The molecule has 0 saturated heterocycles. The van der Waals surface area contributed by atoms with Crippen molar-refractivity contribution in [3.63, 3.8) is 0 Å². The van der Waals surface area contributed by atoms with E-state index in [0.29, 0.717) is 40.9 Å². The number of hydrogen-bond donors (Lipinski definition) is 3.